The molecule has 0 bridgehead atoms. The number of amides is 3. The molecule has 1 fully saturated rings. The number of urea groups is 1. The molecule has 11 nitrogen and oxygen atoms in total. The molecule has 0 aliphatic carbocycles. The van der Waals surface area contributed by atoms with Crippen LogP contribution in [0.1, 0.15) is 36.0 Å². The van der Waals surface area contributed by atoms with Crippen LogP contribution in [-0.4, -0.2) is 82.4 Å². The molecule has 3 aromatic rings. The SMILES string of the molecule is Cc1cc(CC[C@@H]2C[C@H](N3CCc4ccccc4NC3=O)CCN2C(=O)OC(=O)O)cc2[nH]c(N(C)C)nc12. The van der Waals surface area contributed by atoms with E-state index in [2.05, 4.69) is 32.2 Å². The van der Waals surface area contributed by atoms with E-state index in [1.165, 1.54) is 4.90 Å². The fourth-order valence-electron chi connectivity index (χ4n) is 5.74. The highest BCUT2D eigenvalue weighted by atomic mass is 16.7. The normalized spacial score (nSPS) is 19.3. The van der Waals surface area contributed by atoms with Gasteiger partial charge < -0.3 is 34.8 Å². The molecular weight excluding hydrogens is 500 g/mol. The number of para-hydroxylation sites is 1. The number of nitrogens with one attached hydrogen (secondary N) is 2. The van der Waals surface area contributed by atoms with Crippen LogP contribution in [0.5, 0.6) is 0 Å². The van der Waals surface area contributed by atoms with Crippen LogP contribution in [0.4, 0.5) is 26.0 Å². The third-order valence-electron chi connectivity index (χ3n) is 7.69. The number of benzene rings is 2. The minimum absolute atomic E-state index is 0.0855. The number of hydrogen-bond acceptors (Lipinski definition) is 6. The maximum atomic E-state index is 13.2. The number of fused-ring (bicyclic) bond motifs is 2. The summed E-state index contributed by atoms with van der Waals surface area (Å²) in [6.45, 7) is 2.90. The van der Waals surface area contributed by atoms with E-state index >= 15 is 0 Å². The summed E-state index contributed by atoms with van der Waals surface area (Å²) in [5, 5.41) is 12.1. The Hall–Kier alpha value is -4.28. The standard InChI is InChI=1S/C28H34N6O5/c1-17-14-18(15-23-24(17)31-25(29-23)32(2)3)8-9-20-16-21(11-13-34(20)27(36)39-28(37)38)33-12-10-19-6-4-5-7-22(19)30-26(33)35/h4-7,14-15,20-21H,8-13,16H2,1-3H3,(H,29,31)(H,30,35)(H,37,38)/t20-,21-/m1/s1. The van der Waals surface area contributed by atoms with E-state index in [-0.39, 0.29) is 18.1 Å². The van der Waals surface area contributed by atoms with Gasteiger partial charge in [-0.25, -0.2) is 19.4 Å². The number of H-pyrrole nitrogens is 1. The Labute approximate surface area is 226 Å². The second-order valence-electron chi connectivity index (χ2n) is 10.5. The Bertz CT molecular complexity index is 1400. The number of rotatable bonds is 5. The number of aromatic nitrogens is 2. The van der Waals surface area contributed by atoms with Crippen molar-refractivity contribution in [2.75, 3.05) is 37.4 Å². The van der Waals surface area contributed by atoms with Crippen LogP contribution in [0.15, 0.2) is 36.4 Å². The second-order valence-corrected chi connectivity index (χ2v) is 10.5. The molecule has 3 N–H and O–H groups in total. The molecule has 2 aliphatic heterocycles. The highest BCUT2D eigenvalue weighted by Gasteiger charge is 2.37. The van der Waals surface area contributed by atoms with Crippen molar-refractivity contribution >= 4 is 40.9 Å². The number of nitrogens with zero attached hydrogens (tertiary/aromatic N) is 4. The molecular formula is C28H34N6O5. The summed E-state index contributed by atoms with van der Waals surface area (Å²) in [5.41, 5.74) is 5.92. The van der Waals surface area contributed by atoms with Crippen molar-refractivity contribution in [3.05, 3.63) is 53.1 Å². The Morgan fingerprint density at radius 3 is 2.77 bits per heavy atom. The number of ether oxygens (including phenoxy) is 1. The third kappa shape index (κ3) is 5.62. The first kappa shape index (κ1) is 26.3. The molecule has 3 amide bonds. The molecule has 39 heavy (non-hydrogen) atoms. The number of carbonyl (C=O) groups is 3. The van der Waals surface area contributed by atoms with E-state index in [0.717, 1.165) is 45.8 Å². The monoisotopic (exact) mass is 534 g/mol. The number of piperidine rings is 1. The maximum absolute atomic E-state index is 13.2. The molecule has 1 aromatic heterocycles. The van der Waals surface area contributed by atoms with E-state index in [1.54, 1.807) is 0 Å². The Morgan fingerprint density at radius 1 is 1.21 bits per heavy atom. The minimum atomic E-state index is -1.62. The lowest BCUT2D eigenvalue weighted by Gasteiger charge is -2.42. The zero-order valence-corrected chi connectivity index (χ0v) is 22.4. The van der Waals surface area contributed by atoms with Gasteiger partial charge >= 0.3 is 18.3 Å². The molecule has 0 radical (unpaired) electrons. The van der Waals surface area contributed by atoms with Gasteiger partial charge in [-0.1, -0.05) is 24.3 Å². The molecule has 0 saturated carbocycles. The second kappa shape index (κ2) is 10.8. The van der Waals surface area contributed by atoms with Crippen molar-refractivity contribution in [1.82, 2.24) is 19.8 Å². The van der Waals surface area contributed by atoms with Crippen molar-refractivity contribution in [1.29, 1.82) is 0 Å². The number of carbonyl (C=O) groups excluding carboxylic acids is 2. The first-order chi connectivity index (χ1) is 18.7. The molecule has 0 spiro atoms. The van der Waals surface area contributed by atoms with Crippen molar-refractivity contribution in [3.8, 4) is 0 Å². The topological polar surface area (TPSA) is 131 Å². The van der Waals surface area contributed by atoms with Gasteiger partial charge in [-0.3, -0.25) is 0 Å². The highest BCUT2D eigenvalue weighted by Crippen LogP contribution is 2.30. The third-order valence-corrected chi connectivity index (χ3v) is 7.69. The molecule has 206 valence electrons. The first-order valence-corrected chi connectivity index (χ1v) is 13.2. The smallest absolute Gasteiger partial charge is 0.449 e. The van der Waals surface area contributed by atoms with Gasteiger partial charge in [0.15, 0.2) is 0 Å². The van der Waals surface area contributed by atoms with Gasteiger partial charge in [0.25, 0.3) is 0 Å². The largest absolute Gasteiger partial charge is 0.514 e. The zero-order valence-electron chi connectivity index (χ0n) is 22.4. The predicted molar refractivity (Wildman–Crippen MR) is 147 cm³/mol. The first-order valence-electron chi connectivity index (χ1n) is 13.2. The van der Waals surface area contributed by atoms with Gasteiger partial charge in [0.1, 0.15) is 0 Å². The number of aromatic amines is 1. The van der Waals surface area contributed by atoms with E-state index in [4.69, 9.17) is 5.11 Å². The summed E-state index contributed by atoms with van der Waals surface area (Å²) in [4.78, 5) is 50.2. The molecule has 11 heteroatoms. The van der Waals surface area contributed by atoms with Crippen LogP contribution in [0.25, 0.3) is 11.0 Å². The number of likely N-dealkylation sites (tertiary alicyclic amines) is 1. The van der Waals surface area contributed by atoms with E-state index in [0.29, 0.717) is 38.8 Å². The lowest BCUT2D eigenvalue weighted by Crippen LogP contribution is -2.54. The Balaban J connectivity index is 1.34. The molecule has 1 saturated heterocycles. The van der Waals surface area contributed by atoms with Crippen LogP contribution in [0.2, 0.25) is 0 Å². The number of aryl methyl sites for hydroxylation is 2. The average Bonchev–Trinajstić information content (AvgIpc) is 3.26. The molecule has 0 unspecified atom stereocenters. The predicted octanol–water partition coefficient (Wildman–Crippen LogP) is 4.61. The molecule has 3 heterocycles. The van der Waals surface area contributed by atoms with Crippen molar-refractivity contribution in [2.45, 2.75) is 51.1 Å². The molecule has 2 aliphatic rings. The van der Waals surface area contributed by atoms with Crippen LogP contribution in [0.3, 0.4) is 0 Å². The van der Waals surface area contributed by atoms with E-state index in [1.807, 2.05) is 55.1 Å². The number of imidazole rings is 1. The van der Waals surface area contributed by atoms with E-state index in [9.17, 15) is 14.4 Å². The summed E-state index contributed by atoms with van der Waals surface area (Å²) >= 11 is 0. The molecule has 2 atom stereocenters. The lowest BCUT2D eigenvalue weighted by atomic mass is 9.91. The van der Waals surface area contributed by atoms with Crippen molar-refractivity contribution in [3.63, 3.8) is 0 Å². The molecule has 5 rings (SSSR count). The van der Waals surface area contributed by atoms with E-state index < -0.39 is 12.2 Å². The Kier molecular flexibility index (Phi) is 7.32. The van der Waals surface area contributed by atoms with Crippen LogP contribution >= 0.6 is 0 Å². The van der Waals surface area contributed by atoms with Crippen LogP contribution < -0.4 is 10.2 Å². The summed E-state index contributed by atoms with van der Waals surface area (Å²) < 4.78 is 4.53. The fraction of sp³-hybridized carbons (Fsp3) is 0.429. The van der Waals surface area contributed by atoms with Gasteiger partial charge in [0.05, 0.1) is 11.0 Å². The summed E-state index contributed by atoms with van der Waals surface area (Å²) in [6, 6.07) is 11.4. The Morgan fingerprint density at radius 2 is 2.00 bits per heavy atom. The van der Waals surface area contributed by atoms with Crippen molar-refractivity contribution in [2.24, 2.45) is 0 Å². The average molecular weight is 535 g/mol. The van der Waals surface area contributed by atoms with Gasteiger partial charge in [-0.15, -0.1) is 0 Å². The summed E-state index contributed by atoms with van der Waals surface area (Å²) in [6.07, 6.45) is 0.589. The molecule has 2 aromatic carbocycles. The summed E-state index contributed by atoms with van der Waals surface area (Å²) in [7, 11) is 3.86. The lowest BCUT2D eigenvalue weighted by molar-refractivity contribution is 0.0506. The zero-order chi connectivity index (χ0) is 27.7. The van der Waals surface area contributed by atoms with Gasteiger partial charge in [0, 0.05) is 45.0 Å². The minimum Gasteiger partial charge on any atom is -0.449 e. The van der Waals surface area contributed by atoms with Crippen LogP contribution in [-0.2, 0) is 17.6 Å². The van der Waals surface area contributed by atoms with Gasteiger partial charge in [0.2, 0.25) is 5.95 Å². The van der Waals surface area contributed by atoms with Crippen molar-refractivity contribution < 1.29 is 24.2 Å². The quantitative estimate of drug-likeness (QED) is 0.322. The highest BCUT2D eigenvalue weighted by molar-refractivity contribution is 5.91. The van der Waals surface area contributed by atoms with Gasteiger partial charge in [-0.2, -0.15) is 0 Å². The van der Waals surface area contributed by atoms with Gasteiger partial charge in [-0.05, 0) is 67.9 Å². The summed E-state index contributed by atoms with van der Waals surface area (Å²) in [5.74, 6) is 0.779. The number of carboxylic acid groups (broad SMARTS) is 1. The maximum Gasteiger partial charge on any atom is 0.514 e. The number of hydrogen-bond donors (Lipinski definition) is 3. The van der Waals surface area contributed by atoms with Crippen LogP contribution in [0, 0.1) is 6.92 Å². The fourth-order valence-corrected chi connectivity index (χ4v) is 5.74. The number of anilines is 2.